The summed E-state index contributed by atoms with van der Waals surface area (Å²) in [5.74, 6) is 1.07. The Morgan fingerprint density at radius 1 is 1.20 bits per heavy atom. The minimum absolute atomic E-state index is 0.0169. The quantitative estimate of drug-likeness (QED) is 0.605. The van der Waals surface area contributed by atoms with Crippen LogP contribution in [0.5, 0.6) is 0 Å². The molecule has 4 aliphatic rings. The first-order chi connectivity index (χ1) is 14.0. The number of halogens is 3. The number of aromatic nitrogens is 2. The molecule has 7 heteroatoms. The normalized spacial score (nSPS) is 40.0. The summed E-state index contributed by atoms with van der Waals surface area (Å²) in [6, 6.07) is 0. The summed E-state index contributed by atoms with van der Waals surface area (Å²) < 4.78 is 46.3. The molecule has 0 aliphatic heterocycles. The van der Waals surface area contributed by atoms with E-state index in [4.69, 9.17) is 4.74 Å². The van der Waals surface area contributed by atoms with Crippen LogP contribution < -0.4 is 0 Å². The fourth-order valence-electron chi connectivity index (χ4n) is 7.60. The van der Waals surface area contributed by atoms with Crippen molar-refractivity contribution in [1.82, 2.24) is 10.2 Å². The Kier molecular flexibility index (Phi) is 4.27. The average molecular weight is 422 g/mol. The van der Waals surface area contributed by atoms with Crippen molar-refractivity contribution in [2.24, 2.45) is 28.6 Å². The maximum Gasteiger partial charge on any atom is 0.433 e. The smallest absolute Gasteiger partial charge is 0.433 e. The fraction of sp³-hybridized carbons (Fsp3) is 0.739. The Labute approximate surface area is 174 Å². The zero-order valence-corrected chi connectivity index (χ0v) is 17.7. The average Bonchev–Trinajstić information content (AvgIpc) is 3.19. The van der Waals surface area contributed by atoms with Gasteiger partial charge in [-0.1, -0.05) is 19.4 Å². The predicted octanol–water partition coefficient (Wildman–Crippen LogP) is 5.54. The van der Waals surface area contributed by atoms with E-state index in [0.717, 1.165) is 38.5 Å². The number of nitrogens with zero attached hydrogens (tertiary/aromatic N) is 1. The third-order valence-electron chi connectivity index (χ3n) is 8.99. The number of carbonyl (C=O) groups is 1. The van der Waals surface area contributed by atoms with Gasteiger partial charge in [0.05, 0.1) is 5.69 Å². The van der Waals surface area contributed by atoms with Gasteiger partial charge >= 0.3 is 12.1 Å². The topological polar surface area (TPSA) is 55.0 Å². The molecule has 0 spiro atoms. The van der Waals surface area contributed by atoms with Gasteiger partial charge in [0.2, 0.25) is 0 Å². The number of hydrogen-bond donors (Lipinski definition) is 1. The highest BCUT2D eigenvalue weighted by Gasteiger charge is 2.60. The van der Waals surface area contributed by atoms with Crippen molar-refractivity contribution >= 4 is 12.0 Å². The molecule has 5 rings (SSSR count). The zero-order chi connectivity index (χ0) is 21.5. The molecule has 6 atom stereocenters. The van der Waals surface area contributed by atoms with Crippen LogP contribution in [-0.4, -0.2) is 22.3 Å². The van der Waals surface area contributed by atoms with Gasteiger partial charge in [-0.15, -0.1) is 0 Å². The van der Waals surface area contributed by atoms with Crippen LogP contribution in [0, 0.1) is 28.6 Å². The molecule has 0 radical (unpaired) electrons. The third kappa shape index (κ3) is 2.72. The lowest BCUT2D eigenvalue weighted by atomic mass is 9.47. The summed E-state index contributed by atoms with van der Waals surface area (Å²) in [5.41, 5.74) is 1.08. The highest BCUT2D eigenvalue weighted by atomic mass is 19.4. The van der Waals surface area contributed by atoms with E-state index in [-0.39, 0.29) is 22.9 Å². The summed E-state index contributed by atoms with van der Waals surface area (Å²) in [5, 5.41) is 6.24. The van der Waals surface area contributed by atoms with Crippen LogP contribution in [0.25, 0.3) is 6.08 Å². The number of esters is 1. The Balaban J connectivity index is 1.48. The SMILES string of the molecule is CC(=O)O[C@H]1CC[C@H]2[C@@H]3CCC4=Cc5n[nH]c(C(F)(F)F)c5C[C@]4(C)[C@H]3CC[C@]12C. The van der Waals surface area contributed by atoms with Gasteiger partial charge in [-0.25, -0.2) is 0 Å². The molecular weight excluding hydrogens is 393 g/mol. The lowest BCUT2D eigenvalue weighted by Crippen LogP contribution is -2.52. The van der Waals surface area contributed by atoms with Gasteiger partial charge in [-0.05, 0) is 74.2 Å². The molecule has 1 N–H and O–H groups in total. The molecule has 0 bridgehead atoms. The molecule has 4 nitrogen and oxygen atoms in total. The Morgan fingerprint density at radius 2 is 1.97 bits per heavy atom. The third-order valence-corrected chi connectivity index (χ3v) is 8.99. The highest BCUT2D eigenvalue weighted by molar-refractivity contribution is 5.66. The van der Waals surface area contributed by atoms with Gasteiger partial charge in [0.15, 0.2) is 0 Å². The number of rotatable bonds is 1. The minimum atomic E-state index is -4.41. The molecular formula is C23H29F3N2O2. The van der Waals surface area contributed by atoms with Gasteiger partial charge < -0.3 is 4.74 Å². The molecule has 4 aliphatic carbocycles. The van der Waals surface area contributed by atoms with Gasteiger partial charge in [-0.3, -0.25) is 9.89 Å². The standard InChI is InChI=1S/C23H29F3N2O2/c1-12(29)30-19-7-6-16-14-5-4-13-10-18-15(20(28-27-18)23(24,25)26)11-22(13,3)17(14)8-9-21(16,19)2/h10,14,16-17,19H,4-9,11H2,1-3H3,(H,27,28)/t14-,16-,17-,19-,21-,22-/m0/s1. The number of alkyl halides is 3. The van der Waals surface area contributed by atoms with Crippen LogP contribution in [0.4, 0.5) is 13.2 Å². The van der Waals surface area contributed by atoms with E-state index in [2.05, 4.69) is 24.0 Å². The zero-order valence-electron chi connectivity index (χ0n) is 17.7. The van der Waals surface area contributed by atoms with Crippen molar-refractivity contribution in [1.29, 1.82) is 0 Å². The molecule has 30 heavy (non-hydrogen) atoms. The molecule has 3 fully saturated rings. The van der Waals surface area contributed by atoms with Crippen LogP contribution >= 0.6 is 0 Å². The molecule has 0 amide bonds. The highest BCUT2D eigenvalue weighted by Crippen LogP contribution is 2.65. The second kappa shape index (κ2) is 6.36. The van der Waals surface area contributed by atoms with Crippen LogP contribution in [0.15, 0.2) is 5.57 Å². The number of nitrogens with one attached hydrogen (secondary N) is 1. The lowest BCUT2D eigenvalue weighted by molar-refractivity contribution is -0.157. The second-order valence-corrected chi connectivity index (χ2v) is 10.4. The largest absolute Gasteiger partial charge is 0.462 e. The van der Waals surface area contributed by atoms with Gasteiger partial charge in [0, 0.05) is 17.9 Å². The second-order valence-electron chi connectivity index (χ2n) is 10.4. The van der Waals surface area contributed by atoms with Crippen molar-refractivity contribution in [2.45, 2.75) is 78.0 Å². The summed E-state index contributed by atoms with van der Waals surface area (Å²) in [6.07, 6.45) is 3.72. The van der Waals surface area contributed by atoms with E-state index in [1.165, 1.54) is 12.5 Å². The molecule has 3 saturated carbocycles. The first-order valence-electron chi connectivity index (χ1n) is 11.1. The van der Waals surface area contributed by atoms with Crippen molar-refractivity contribution in [3.8, 4) is 0 Å². The van der Waals surface area contributed by atoms with E-state index in [1.807, 2.05) is 6.08 Å². The van der Waals surface area contributed by atoms with E-state index >= 15 is 0 Å². The van der Waals surface area contributed by atoms with E-state index in [1.54, 1.807) is 0 Å². The van der Waals surface area contributed by atoms with E-state index in [0.29, 0.717) is 35.4 Å². The summed E-state index contributed by atoms with van der Waals surface area (Å²) in [6.45, 7) is 5.91. The molecule has 1 aromatic heterocycles. The van der Waals surface area contributed by atoms with Crippen molar-refractivity contribution in [2.75, 3.05) is 0 Å². The molecule has 0 unspecified atom stereocenters. The van der Waals surface area contributed by atoms with Crippen LogP contribution in [0.1, 0.15) is 76.2 Å². The summed E-state index contributed by atoms with van der Waals surface area (Å²) in [7, 11) is 0. The van der Waals surface area contributed by atoms with Gasteiger partial charge in [-0.2, -0.15) is 18.3 Å². The monoisotopic (exact) mass is 422 g/mol. The molecule has 0 saturated heterocycles. The Hall–Kier alpha value is -1.79. The summed E-state index contributed by atoms with van der Waals surface area (Å²) in [4.78, 5) is 11.6. The minimum Gasteiger partial charge on any atom is -0.462 e. The first-order valence-corrected chi connectivity index (χ1v) is 11.1. The Bertz CT molecular complexity index is 920. The number of carbonyl (C=O) groups excluding carboxylic acids is 1. The number of allylic oxidation sites excluding steroid dienone is 1. The maximum absolute atomic E-state index is 13.5. The number of aromatic amines is 1. The van der Waals surface area contributed by atoms with Crippen LogP contribution in [-0.2, 0) is 22.1 Å². The van der Waals surface area contributed by atoms with Crippen LogP contribution in [0.3, 0.4) is 0 Å². The number of H-pyrrole nitrogens is 1. The predicted molar refractivity (Wildman–Crippen MR) is 105 cm³/mol. The van der Waals surface area contributed by atoms with Gasteiger partial charge in [0.1, 0.15) is 11.8 Å². The number of fused-ring (bicyclic) bond motifs is 6. The lowest BCUT2D eigenvalue weighted by Gasteiger charge is -2.57. The van der Waals surface area contributed by atoms with Crippen molar-refractivity contribution in [3.63, 3.8) is 0 Å². The van der Waals surface area contributed by atoms with Gasteiger partial charge in [0.25, 0.3) is 0 Å². The number of hydrogen-bond acceptors (Lipinski definition) is 3. The Morgan fingerprint density at radius 3 is 2.67 bits per heavy atom. The first kappa shape index (κ1) is 20.1. The van der Waals surface area contributed by atoms with E-state index < -0.39 is 11.9 Å². The van der Waals surface area contributed by atoms with E-state index in [9.17, 15) is 18.0 Å². The molecule has 1 heterocycles. The summed E-state index contributed by atoms with van der Waals surface area (Å²) >= 11 is 0. The van der Waals surface area contributed by atoms with Crippen LogP contribution in [0.2, 0.25) is 0 Å². The van der Waals surface area contributed by atoms with Crippen molar-refractivity contribution < 1.29 is 22.7 Å². The maximum atomic E-state index is 13.5. The molecule has 164 valence electrons. The van der Waals surface area contributed by atoms with Crippen molar-refractivity contribution in [3.05, 3.63) is 22.5 Å². The molecule has 0 aromatic carbocycles. The fourth-order valence-corrected chi connectivity index (χ4v) is 7.60. The number of ether oxygens (including phenoxy) is 1. The molecule has 1 aromatic rings.